The summed E-state index contributed by atoms with van der Waals surface area (Å²) in [6.07, 6.45) is 0.382. The summed E-state index contributed by atoms with van der Waals surface area (Å²) in [5, 5.41) is 0. The van der Waals surface area contributed by atoms with Crippen molar-refractivity contribution in [1.82, 2.24) is 4.90 Å². The Labute approximate surface area is 147 Å². The maximum absolute atomic E-state index is 11.9. The number of amides is 1. The van der Waals surface area contributed by atoms with Crippen LogP contribution < -0.4 is 16.4 Å². The van der Waals surface area contributed by atoms with E-state index < -0.39 is 5.97 Å². The Morgan fingerprint density at radius 3 is 2.52 bits per heavy atom. The molecule has 0 aliphatic carbocycles. The Morgan fingerprint density at radius 1 is 1.20 bits per heavy atom. The summed E-state index contributed by atoms with van der Waals surface area (Å²) in [7, 11) is 1.34. The van der Waals surface area contributed by atoms with Crippen LogP contribution in [0.1, 0.15) is 22.3 Å². The molecule has 1 saturated heterocycles. The van der Waals surface area contributed by atoms with Gasteiger partial charge in [-0.3, -0.25) is 4.79 Å². The Morgan fingerprint density at radius 2 is 1.92 bits per heavy atom. The Bertz CT molecular complexity index is 685. The molecule has 1 aromatic carbocycles. The van der Waals surface area contributed by atoms with Gasteiger partial charge in [-0.15, -0.1) is 0 Å². The lowest BCUT2D eigenvalue weighted by molar-refractivity contribution is -0.131. The SMILES string of the molecule is COC(=O)c1ccc(N2CCN(C(=O)CCN)CC2)cc1C#CCN. The van der Waals surface area contributed by atoms with Gasteiger partial charge < -0.3 is 26.0 Å². The number of hydrogen-bond donors (Lipinski definition) is 2. The molecule has 1 aliphatic rings. The maximum atomic E-state index is 11.9. The maximum Gasteiger partial charge on any atom is 0.339 e. The highest BCUT2D eigenvalue weighted by Crippen LogP contribution is 2.21. The first-order chi connectivity index (χ1) is 12.1. The highest BCUT2D eigenvalue weighted by molar-refractivity contribution is 5.93. The lowest BCUT2D eigenvalue weighted by Crippen LogP contribution is -2.49. The van der Waals surface area contributed by atoms with Gasteiger partial charge in [0.1, 0.15) is 0 Å². The van der Waals surface area contributed by atoms with E-state index in [9.17, 15) is 9.59 Å². The molecule has 1 aliphatic heterocycles. The normalized spacial score (nSPS) is 13.9. The van der Waals surface area contributed by atoms with Crippen LogP contribution in [-0.4, -0.2) is 63.2 Å². The number of methoxy groups -OCH3 is 1. The molecule has 0 spiro atoms. The molecule has 0 unspecified atom stereocenters. The van der Waals surface area contributed by atoms with Crippen molar-refractivity contribution in [3.05, 3.63) is 29.3 Å². The Hall–Kier alpha value is -2.56. The molecule has 0 atom stereocenters. The molecule has 0 saturated carbocycles. The first-order valence-electron chi connectivity index (χ1n) is 8.24. The fourth-order valence-corrected chi connectivity index (χ4v) is 2.76. The van der Waals surface area contributed by atoms with Crippen molar-refractivity contribution in [2.75, 3.05) is 51.3 Å². The molecule has 1 heterocycles. The quantitative estimate of drug-likeness (QED) is 0.578. The number of carbonyl (C=O) groups is 2. The average molecular weight is 344 g/mol. The minimum atomic E-state index is -0.426. The van der Waals surface area contributed by atoms with Crippen molar-refractivity contribution in [3.8, 4) is 11.8 Å². The van der Waals surface area contributed by atoms with E-state index in [1.54, 1.807) is 6.07 Å². The second kappa shape index (κ2) is 9.06. The van der Waals surface area contributed by atoms with Crippen LogP contribution in [0.4, 0.5) is 5.69 Å². The van der Waals surface area contributed by atoms with E-state index in [1.807, 2.05) is 17.0 Å². The first-order valence-corrected chi connectivity index (χ1v) is 8.24. The summed E-state index contributed by atoms with van der Waals surface area (Å²) in [5.41, 5.74) is 12.9. The van der Waals surface area contributed by atoms with Gasteiger partial charge in [0.15, 0.2) is 0 Å². The van der Waals surface area contributed by atoms with Crippen molar-refractivity contribution >= 4 is 17.6 Å². The van der Waals surface area contributed by atoms with Gasteiger partial charge in [-0.1, -0.05) is 11.8 Å². The van der Waals surface area contributed by atoms with E-state index in [0.717, 1.165) is 18.8 Å². The van der Waals surface area contributed by atoms with Crippen LogP contribution in [0.2, 0.25) is 0 Å². The lowest BCUT2D eigenvalue weighted by Gasteiger charge is -2.36. The van der Waals surface area contributed by atoms with Crippen LogP contribution in [0.5, 0.6) is 0 Å². The van der Waals surface area contributed by atoms with Gasteiger partial charge >= 0.3 is 5.97 Å². The Balaban J connectivity index is 2.15. The van der Waals surface area contributed by atoms with E-state index in [1.165, 1.54) is 7.11 Å². The highest BCUT2D eigenvalue weighted by Gasteiger charge is 2.21. The molecule has 4 N–H and O–H groups in total. The fraction of sp³-hybridized carbons (Fsp3) is 0.444. The number of piperazine rings is 1. The van der Waals surface area contributed by atoms with Gasteiger partial charge in [-0.2, -0.15) is 0 Å². The van der Waals surface area contributed by atoms with Crippen LogP contribution >= 0.6 is 0 Å². The third-order valence-corrected chi connectivity index (χ3v) is 4.09. The van der Waals surface area contributed by atoms with Gasteiger partial charge in [-0.05, 0) is 18.2 Å². The zero-order valence-electron chi connectivity index (χ0n) is 14.5. The Kier molecular flexibility index (Phi) is 6.81. The molecule has 7 nitrogen and oxygen atoms in total. The molecule has 0 aromatic heterocycles. The molecule has 0 radical (unpaired) electrons. The number of carbonyl (C=O) groups excluding carboxylic acids is 2. The monoisotopic (exact) mass is 344 g/mol. The van der Waals surface area contributed by atoms with Gasteiger partial charge in [0.25, 0.3) is 0 Å². The number of nitrogens with zero attached hydrogens (tertiary/aromatic N) is 2. The summed E-state index contributed by atoms with van der Waals surface area (Å²) < 4.78 is 4.80. The predicted molar refractivity (Wildman–Crippen MR) is 96.2 cm³/mol. The first kappa shape index (κ1) is 18.8. The van der Waals surface area contributed by atoms with Gasteiger partial charge in [-0.25, -0.2) is 4.79 Å². The number of esters is 1. The molecule has 1 fully saturated rings. The van der Waals surface area contributed by atoms with Crippen LogP contribution in [0.3, 0.4) is 0 Å². The summed E-state index contributed by atoms with van der Waals surface area (Å²) in [4.78, 5) is 27.8. The van der Waals surface area contributed by atoms with Crippen molar-refractivity contribution in [2.24, 2.45) is 11.5 Å². The lowest BCUT2D eigenvalue weighted by atomic mass is 10.1. The molecule has 2 rings (SSSR count). The van der Waals surface area contributed by atoms with E-state index in [0.29, 0.717) is 37.2 Å². The number of ether oxygens (including phenoxy) is 1. The minimum absolute atomic E-state index is 0.0951. The number of benzene rings is 1. The molecular formula is C18H24N4O3. The topological polar surface area (TPSA) is 102 Å². The molecule has 1 aromatic rings. The number of anilines is 1. The van der Waals surface area contributed by atoms with Crippen LogP contribution in [-0.2, 0) is 9.53 Å². The van der Waals surface area contributed by atoms with E-state index in [-0.39, 0.29) is 12.5 Å². The number of hydrogen-bond acceptors (Lipinski definition) is 6. The molecule has 0 bridgehead atoms. The summed E-state index contributed by atoms with van der Waals surface area (Å²) >= 11 is 0. The zero-order chi connectivity index (χ0) is 18.2. The minimum Gasteiger partial charge on any atom is -0.465 e. The predicted octanol–water partition coefficient (Wildman–Crippen LogP) is -0.219. The van der Waals surface area contributed by atoms with Crippen LogP contribution in [0.25, 0.3) is 0 Å². The van der Waals surface area contributed by atoms with Gasteiger partial charge in [0, 0.05) is 50.4 Å². The van der Waals surface area contributed by atoms with Crippen LogP contribution in [0, 0.1) is 11.8 Å². The van der Waals surface area contributed by atoms with Crippen molar-refractivity contribution in [1.29, 1.82) is 0 Å². The summed E-state index contributed by atoms with van der Waals surface area (Å²) in [5.74, 6) is 5.38. The summed E-state index contributed by atoms with van der Waals surface area (Å²) in [6.45, 7) is 3.34. The standard InChI is InChI=1S/C18H24N4O3/c1-25-18(24)16-5-4-15(13-14(16)3-2-7-19)21-9-11-22(12-10-21)17(23)6-8-20/h4-5,13H,6-12,19-20H2,1H3. The smallest absolute Gasteiger partial charge is 0.339 e. The summed E-state index contributed by atoms with van der Waals surface area (Å²) in [6, 6.07) is 5.46. The second-order valence-electron chi connectivity index (χ2n) is 5.63. The van der Waals surface area contributed by atoms with E-state index >= 15 is 0 Å². The second-order valence-corrected chi connectivity index (χ2v) is 5.63. The third kappa shape index (κ3) is 4.72. The van der Waals surface area contributed by atoms with Crippen molar-refractivity contribution in [2.45, 2.75) is 6.42 Å². The molecular weight excluding hydrogens is 320 g/mol. The van der Waals surface area contributed by atoms with Crippen molar-refractivity contribution in [3.63, 3.8) is 0 Å². The molecule has 7 heteroatoms. The molecule has 1 amide bonds. The molecule has 134 valence electrons. The largest absolute Gasteiger partial charge is 0.465 e. The number of rotatable bonds is 4. The van der Waals surface area contributed by atoms with E-state index in [4.69, 9.17) is 16.2 Å². The fourth-order valence-electron chi connectivity index (χ4n) is 2.76. The average Bonchev–Trinajstić information content (AvgIpc) is 2.65. The van der Waals surface area contributed by atoms with Gasteiger partial charge in [0.2, 0.25) is 5.91 Å². The number of nitrogens with two attached hydrogens (primary N) is 2. The van der Waals surface area contributed by atoms with Crippen molar-refractivity contribution < 1.29 is 14.3 Å². The van der Waals surface area contributed by atoms with E-state index in [2.05, 4.69) is 16.7 Å². The molecule has 25 heavy (non-hydrogen) atoms. The highest BCUT2D eigenvalue weighted by atomic mass is 16.5. The van der Waals surface area contributed by atoms with Gasteiger partial charge in [0.05, 0.1) is 19.2 Å². The third-order valence-electron chi connectivity index (χ3n) is 4.09. The zero-order valence-corrected chi connectivity index (χ0v) is 14.5. The van der Waals surface area contributed by atoms with Crippen LogP contribution in [0.15, 0.2) is 18.2 Å².